The molecule has 2 rings (SSSR count). The van der Waals surface area contributed by atoms with Crippen LogP contribution in [0.3, 0.4) is 0 Å². The molecule has 0 bridgehead atoms. The van der Waals surface area contributed by atoms with Crippen LogP contribution in [0.25, 0.3) is 0 Å². The van der Waals surface area contributed by atoms with Crippen molar-refractivity contribution in [3.63, 3.8) is 0 Å². The fourth-order valence-electron chi connectivity index (χ4n) is 1.03. The second kappa shape index (κ2) is 4.29. The number of methoxy groups -OCH3 is 1. The molecule has 0 aliphatic heterocycles. The minimum atomic E-state index is -0.588. The van der Waals surface area contributed by atoms with Gasteiger partial charge >= 0.3 is 6.01 Å². The SMILES string of the molecule is COc1ncc(F)c(N=NCC2CC2)n1. The summed E-state index contributed by atoms with van der Waals surface area (Å²) in [4.78, 5) is 7.34. The van der Waals surface area contributed by atoms with Crippen LogP contribution in [0.2, 0.25) is 0 Å². The number of azo groups is 1. The van der Waals surface area contributed by atoms with Gasteiger partial charge < -0.3 is 4.74 Å². The van der Waals surface area contributed by atoms with E-state index in [1.807, 2.05) is 0 Å². The van der Waals surface area contributed by atoms with E-state index in [9.17, 15) is 4.39 Å². The highest BCUT2D eigenvalue weighted by atomic mass is 19.1. The van der Waals surface area contributed by atoms with Gasteiger partial charge in [-0.05, 0) is 18.8 Å². The van der Waals surface area contributed by atoms with Gasteiger partial charge in [-0.15, -0.1) is 5.11 Å². The quantitative estimate of drug-likeness (QED) is 0.715. The average molecular weight is 210 g/mol. The van der Waals surface area contributed by atoms with E-state index in [1.165, 1.54) is 20.0 Å². The molecule has 0 aromatic carbocycles. The van der Waals surface area contributed by atoms with Gasteiger partial charge in [-0.2, -0.15) is 10.1 Å². The van der Waals surface area contributed by atoms with E-state index in [4.69, 9.17) is 4.74 Å². The first-order valence-corrected chi connectivity index (χ1v) is 4.73. The van der Waals surface area contributed by atoms with Crippen LogP contribution in [0.15, 0.2) is 16.4 Å². The molecule has 1 fully saturated rings. The highest BCUT2D eigenvalue weighted by Gasteiger charge is 2.20. The van der Waals surface area contributed by atoms with E-state index in [0.29, 0.717) is 12.5 Å². The largest absolute Gasteiger partial charge is 0.467 e. The molecule has 0 amide bonds. The van der Waals surface area contributed by atoms with Gasteiger partial charge in [0.15, 0.2) is 5.82 Å². The van der Waals surface area contributed by atoms with Crippen LogP contribution in [-0.4, -0.2) is 23.6 Å². The lowest BCUT2D eigenvalue weighted by atomic mass is 10.4. The Bertz CT molecular complexity index is 378. The Kier molecular flexibility index (Phi) is 2.84. The maximum absolute atomic E-state index is 13.1. The molecule has 1 aromatic rings. The molecule has 0 atom stereocenters. The summed E-state index contributed by atoms with van der Waals surface area (Å²) in [6.07, 6.45) is 3.40. The molecule has 0 spiro atoms. The van der Waals surface area contributed by atoms with E-state index in [0.717, 1.165) is 6.20 Å². The fraction of sp³-hybridized carbons (Fsp3) is 0.556. The van der Waals surface area contributed by atoms with Crippen molar-refractivity contribution >= 4 is 5.82 Å². The van der Waals surface area contributed by atoms with E-state index in [-0.39, 0.29) is 11.8 Å². The molecule has 1 aliphatic carbocycles. The number of nitrogens with zero attached hydrogens (tertiary/aromatic N) is 4. The Morgan fingerprint density at radius 3 is 3.07 bits per heavy atom. The average Bonchev–Trinajstić information content (AvgIpc) is 3.05. The molecule has 1 saturated carbocycles. The molecule has 1 aliphatic rings. The first kappa shape index (κ1) is 9.95. The highest BCUT2D eigenvalue weighted by Crippen LogP contribution is 2.29. The zero-order valence-electron chi connectivity index (χ0n) is 8.35. The standard InChI is InChI=1S/C9H11FN4O/c1-15-9-11-5-7(10)8(13-9)14-12-4-6-2-3-6/h5-6H,2-4H2,1H3. The van der Waals surface area contributed by atoms with Crippen molar-refractivity contribution in [3.05, 3.63) is 12.0 Å². The van der Waals surface area contributed by atoms with Crippen molar-refractivity contribution in [1.82, 2.24) is 9.97 Å². The number of halogens is 1. The summed E-state index contributed by atoms with van der Waals surface area (Å²) in [5, 5.41) is 7.59. The van der Waals surface area contributed by atoms with Gasteiger partial charge in [0.2, 0.25) is 5.82 Å². The topological polar surface area (TPSA) is 59.7 Å². The molecule has 0 saturated heterocycles. The zero-order valence-corrected chi connectivity index (χ0v) is 8.35. The van der Waals surface area contributed by atoms with Crippen LogP contribution in [0.5, 0.6) is 6.01 Å². The summed E-state index contributed by atoms with van der Waals surface area (Å²) >= 11 is 0. The summed E-state index contributed by atoms with van der Waals surface area (Å²) in [5.41, 5.74) is 0. The van der Waals surface area contributed by atoms with Gasteiger partial charge in [0.25, 0.3) is 0 Å². The molecule has 0 N–H and O–H groups in total. The first-order chi connectivity index (χ1) is 7.29. The Morgan fingerprint density at radius 2 is 2.40 bits per heavy atom. The molecule has 0 radical (unpaired) electrons. The smallest absolute Gasteiger partial charge is 0.318 e. The predicted molar refractivity (Wildman–Crippen MR) is 50.6 cm³/mol. The van der Waals surface area contributed by atoms with Crippen molar-refractivity contribution in [2.75, 3.05) is 13.7 Å². The van der Waals surface area contributed by atoms with Gasteiger partial charge in [-0.1, -0.05) is 0 Å². The van der Waals surface area contributed by atoms with Crippen LogP contribution < -0.4 is 4.74 Å². The third-order valence-corrected chi connectivity index (χ3v) is 2.09. The van der Waals surface area contributed by atoms with Crippen LogP contribution in [0, 0.1) is 11.7 Å². The lowest BCUT2D eigenvalue weighted by Crippen LogP contribution is -1.93. The molecule has 80 valence electrons. The molecule has 6 heteroatoms. The number of ether oxygens (including phenoxy) is 1. The monoisotopic (exact) mass is 210 g/mol. The van der Waals surface area contributed by atoms with Crippen molar-refractivity contribution < 1.29 is 9.13 Å². The predicted octanol–water partition coefficient (Wildman–Crippen LogP) is 2.12. The molecule has 0 unspecified atom stereocenters. The Labute approximate surface area is 86.4 Å². The van der Waals surface area contributed by atoms with E-state index in [2.05, 4.69) is 20.2 Å². The molecule has 5 nitrogen and oxygen atoms in total. The Balaban J connectivity index is 2.07. The maximum atomic E-state index is 13.1. The van der Waals surface area contributed by atoms with E-state index >= 15 is 0 Å². The van der Waals surface area contributed by atoms with Gasteiger partial charge in [0.1, 0.15) is 0 Å². The molecule has 15 heavy (non-hydrogen) atoms. The third kappa shape index (κ3) is 2.68. The minimum absolute atomic E-state index is 0.0671. The van der Waals surface area contributed by atoms with Crippen LogP contribution in [-0.2, 0) is 0 Å². The number of aromatic nitrogens is 2. The molecule has 1 aromatic heterocycles. The van der Waals surface area contributed by atoms with Crippen LogP contribution in [0.4, 0.5) is 10.2 Å². The van der Waals surface area contributed by atoms with Crippen molar-refractivity contribution in [2.24, 2.45) is 16.1 Å². The number of hydrogen-bond acceptors (Lipinski definition) is 5. The van der Waals surface area contributed by atoms with E-state index < -0.39 is 5.82 Å². The lowest BCUT2D eigenvalue weighted by Gasteiger charge is -1.98. The zero-order chi connectivity index (χ0) is 10.7. The van der Waals surface area contributed by atoms with E-state index in [1.54, 1.807) is 0 Å². The second-order valence-electron chi connectivity index (χ2n) is 3.40. The number of rotatable bonds is 4. The van der Waals surface area contributed by atoms with Crippen molar-refractivity contribution in [2.45, 2.75) is 12.8 Å². The fourth-order valence-corrected chi connectivity index (χ4v) is 1.03. The summed E-state index contributed by atoms with van der Waals surface area (Å²) < 4.78 is 17.9. The normalized spacial score (nSPS) is 15.9. The second-order valence-corrected chi connectivity index (χ2v) is 3.40. The summed E-state index contributed by atoms with van der Waals surface area (Å²) in [6, 6.07) is 0.0942. The summed E-state index contributed by atoms with van der Waals surface area (Å²) in [7, 11) is 1.42. The van der Waals surface area contributed by atoms with Gasteiger partial charge in [0, 0.05) is 0 Å². The highest BCUT2D eigenvalue weighted by molar-refractivity contribution is 5.27. The van der Waals surface area contributed by atoms with Crippen LogP contribution >= 0.6 is 0 Å². The van der Waals surface area contributed by atoms with Gasteiger partial charge in [0.05, 0.1) is 19.9 Å². The summed E-state index contributed by atoms with van der Waals surface area (Å²) in [6.45, 7) is 0.645. The minimum Gasteiger partial charge on any atom is -0.467 e. The Morgan fingerprint density at radius 1 is 1.60 bits per heavy atom. The Hall–Kier alpha value is -1.59. The van der Waals surface area contributed by atoms with Gasteiger partial charge in [-0.25, -0.2) is 9.37 Å². The molecular weight excluding hydrogens is 199 g/mol. The summed E-state index contributed by atoms with van der Waals surface area (Å²) in [5.74, 6) is -0.0293. The van der Waals surface area contributed by atoms with Crippen molar-refractivity contribution in [3.8, 4) is 6.01 Å². The lowest BCUT2D eigenvalue weighted by molar-refractivity contribution is 0.377. The first-order valence-electron chi connectivity index (χ1n) is 4.73. The number of hydrogen-bond donors (Lipinski definition) is 0. The molecule has 1 heterocycles. The molecular formula is C9H11FN4O. The van der Waals surface area contributed by atoms with Crippen molar-refractivity contribution in [1.29, 1.82) is 0 Å². The van der Waals surface area contributed by atoms with Gasteiger partial charge in [-0.3, -0.25) is 0 Å². The third-order valence-electron chi connectivity index (χ3n) is 2.09. The maximum Gasteiger partial charge on any atom is 0.318 e. The van der Waals surface area contributed by atoms with Crippen LogP contribution in [0.1, 0.15) is 12.8 Å².